The van der Waals surface area contributed by atoms with Crippen LogP contribution in [0.3, 0.4) is 0 Å². The molecule has 0 aliphatic carbocycles. The SMILES string of the molecule is Cn1cc(-c2ccncc2/C=C/C(=O)Nc2cccc(N3CCOCC3)c2)cn1. The molecule has 7 heteroatoms. The number of ether oxygens (including phenoxy) is 1. The van der Waals surface area contributed by atoms with Crippen LogP contribution >= 0.6 is 0 Å². The quantitative estimate of drug-likeness (QED) is 0.679. The number of morpholine rings is 1. The van der Waals surface area contributed by atoms with E-state index in [9.17, 15) is 4.79 Å². The summed E-state index contributed by atoms with van der Waals surface area (Å²) in [4.78, 5) is 18.9. The largest absolute Gasteiger partial charge is 0.378 e. The van der Waals surface area contributed by atoms with Crippen molar-refractivity contribution in [1.29, 1.82) is 0 Å². The molecule has 148 valence electrons. The van der Waals surface area contributed by atoms with Gasteiger partial charge >= 0.3 is 0 Å². The smallest absolute Gasteiger partial charge is 0.248 e. The van der Waals surface area contributed by atoms with Gasteiger partial charge in [-0.3, -0.25) is 14.5 Å². The standard InChI is InChI=1S/C22H23N5O2/c1-26-16-18(15-24-26)21-7-8-23-14-17(21)5-6-22(28)25-19-3-2-4-20(13-19)27-9-11-29-12-10-27/h2-8,13-16H,9-12H2,1H3,(H,25,28)/b6-5+. The minimum atomic E-state index is -0.190. The molecule has 1 N–H and O–H groups in total. The lowest BCUT2D eigenvalue weighted by Crippen LogP contribution is -2.36. The Morgan fingerprint density at radius 3 is 2.86 bits per heavy atom. The topological polar surface area (TPSA) is 72.3 Å². The molecule has 1 amide bonds. The van der Waals surface area contributed by atoms with Crippen LogP contribution in [0.1, 0.15) is 5.56 Å². The molecule has 3 aromatic rings. The van der Waals surface area contributed by atoms with E-state index in [2.05, 4.69) is 20.3 Å². The number of pyridine rings is 1. The third kappa shape index (κ3) is 4.70. The van der Waals surface area contributed by atoms with Crippen LogP contribution in [0, 0.1) is 0 Å². The van der Waals surface area contributed by atoms with Crippen LogP contribution in [0.25, 0.3) is 17.2 Å². The Labute approximate surface area is 169 Å². The van der Waals surface area contributed by atoms with E-state index in [0.717, 1.165) is 54.4 Å². The van der Waals surface area contributed by atoms with Crippen LogP contribution in [-0.2, 0) is 16.6 Å². The second kappa shape index (κ2) is 8.70. The fourth-order valence-electron chi connectivity index (χ4n) is 3.31. The number of aromatic nitrogens is 3. The van der Waals surface area contributed by atoms with Crippen LogP contribution in [-0.4, -0.2) is 47.0 Å². The molecular weight excluding hydrogens is 366 g/mol. The number of carbonyl (C=O) groups is 1. The molecule has 1 aromatic carbocycles. The van der Waals surface area contributed by atoms with Crippen LogP contribution in [0.15, 0.2) is 61.2 Å². The molecule has 3 heterocycles. The van der Waals surface area contributed by atoms with Crippen LogP contribution in [0.2, 0.25) is 0 Å². The Hall–Kier alpha value is -3.45. The minimum Gasteiger partial charge on any atom is -0.378 e. The summed E-state index contributed by atoms with van der Waals surface area (Å²) < 4.78 is 7.15. The summed E-state index contributed by atoms with van der Waals surface area (Å²) in [6, 6.07) is 9.79. The molecule has 1 aliphatic rings. The normalized spacial score (nSPS) is 14.3. The van der Waals surface area contributed by atoms with Crippen molar-refractivity contribution >= 4 is 23.4 Å². The van der Waals surface area contributed by atoms with Crippen molar-refractivity contribution in [2.24, 2.45) is 7.05 Å². The predicted molar refractivity (Wildman–Crippen MR) is 114 cm³/mol. The average Bonchev–Trinajstić information content (AvgIpc) is 3.19. The van der Waals surface area contributed by atoms with Gasteiger partial charge in [0.2, 0.25) is 5.91 Å². The van der Waals surface area contributed by atoms with Crippen molar-refractivity contribution in [2.45, 2.75) is 0 Å². The third-order valence-electron chi connectivity index (χ3n) is 4.77. The second-order valence-electron chi connectivity index (χ2n) is 6.84. The molecule has 2 aromatic heterocycles. The monoisotopic (exact) mass is 389 g/mol. The van der Waals surface area contributed by atoms with Gasteiger partial charge in [0.1, 0.15) is 0 Å². The summed E-state index contributed by atoms with van der Waals surface area (Å²) in [5.74, 6) is -0.190. The summed E-state index contributed by atoms with van der Waals surface area (Å²) in [5.41, 5.74) is 4.67. The first-order valence-corrected chi connectivity index (χ1v) is 9.54. The van der Waals surface area contributed by atoms with Gasteiger partial charge in [-0.1, -0.05) is 6.07 Å². The number of rotatable bonds is 5. The molecule has 0 saturated carbocycles. The lowest BCUT2D eigenvalue weighted by atomic mass is 10.0. The summed E-state index contributed by atoms with van der Waals surface area (Å²) >= 11 is 0. The Bertz CT molecular complexity index is 1020. The van der Waals surface area contributed by atoms with Gasteiger partial charge in [-0.15, -0.1) is 0 Å². The van der Waals surface area contributed by atoms with Crippen molar-refractivity contribution in [3.63, 3.8) is 0 Å². The minimum absolute atomic E-state index is 0.190. The molecule has 0 atom stereocenters. The van der Waals surface area contributed by atoms with Gasteiger partial charge in [-0.05, 0) is 35.9 Å². The maximum absolute atomic E-state index is 12.5. The number of amides is 1. The molecule has 0 spiro atoms. The van der Waals surface area contributed by atoms with Crippen molar-refractivity contribution < 1.29 is 9.53 Å². The predicted octanol–water partition coefficient (Wildman–Crippen LogP) is 2.97. The lowest BCUT2D eigenvalue weighted by molar-refractivity contribution is -0.111. The Morgan fingerprint density at radius 1 is 1.21 bits per heavy atom. The van der Waals surface area contributed by atoms with Crippen molar-refractivity contribution in [3.8, 4) is 11.1 Å². The highest BCUT2D eigenvalue weighted by molar-refractivity contribution is 6.02. The second-order valence-corrected chi connectivity index (χ2v) is 6.84. The Balaban J connectivity index is 1.46. The number of hydrogen-bond acceptors (Lipinski definition) is 5. The molecule has 1 fully saturated rings. The Kier molecular flexibility index (Phi) is 5.67. The van der Waals surface area contributed by atoms with Crippen LogP contribution in [0.4, 0.5) is 11.4 Å². The fraction of sp³-hybridized carbons (Fsp3) is 0.227. The zero-order chi connectivity index (χ0) is 20.1. The number of benzene rings is 1. The zero-order valence-corrected chi connectivity index (χ0v) is 16.3. The number of nitrogens with one attached hydrogen (secondary N) is 1. The number of nitrogens with zero attached hydrogens (tertiary/aromatic N) is 4. The molecule has 4 rings (SSSR count). The lowest BCUT2D eigenvalue weighted by Gasteiger charge is -2.29. The van der Waals surface area contributed by atoms with Crippen LogP contribution < -0.4 is 10.2 Å². The van der Waals surface area contributed by atoms with Gasteiger partial charge in [-0.2, -0.15) is 5.10 Å². The van der Waals surface area contributed by atoms with E-state index >= 15 is 0 Å². The summed E-state index contributed by atoms with van der Waals surface area (Å²) in [5, 5.41) is 7.15. The van der Waals surface area contributed by atoms with Crippen molar-refractivity contribution in [2.75, 3.05) is 36.5 Å². The van der Waals surface area contributed by atoms with E-state index in [0.29, 0.717) is 0 Å². The third-order valence-corrected chi connectivity index (χ3v) is 4.77. The number of aryl methyl sites for hydroxylation is 1. The number of hydrogen-bond donors (Lipinski definition) is 1. The highest BCUT2D eigenvalue weighted by atomic mass is 16.5. The molecule has 0 bridgehead atoms. The fourth-order valence-corrected chi connectivity index (χ4v) is 3.31. The van der Waals surface area contributed by atoms with Crippen molar-refractivity contribution in [1.82, 2.24) is 14.8 Å². The highest BCUT2D eigenvalue weighted by Crippen LogP contribution is 2.24. The molecule has 1 aliphatic heterocycles. The maximum Gasteiger partial charge on any atom is 0.248 e. The van der Waals surface area contributed by atoms with Gasteiger partial charge in [0, 0.05) is 67.3 Å². The molecule has 1 saturated heterocycles. The van der Waals surface area contributed by atoms with E-state index in [1.165, 1.54) is 6.08 Å². The van der Waals surface area contributed by atoms with Gasteiger partial charge in [0.05, 0.1) is 19.4 Å². The number of anilines is 2. The molecule has 29 heavy (non-hydrogen) atoms. The van der Waals surface area contributed by atoms with Crippen LogP contribution in [0.5, 0.6) is 0 Å². The maximum atomic E-state index is 12.5. The van der Waals surface area contributed by atoms with Crippen molar-refractivity contribution in [3.05, 3.63) is 66.8 Å². The van der Waals surface area contributed by atoms with Gasteiger partial charge < -0.3 is 15.0 Å². The zero-order valence-electron chi connectivity index (χ0n) is 16.3. The Morgan fingerprint density at radius 2 is 2.07 bits per heavy atom. The summed E-state index contributed by atoms with van der Waals surface area (Å²) in [7, 11) is 1.87. The first-order valence-electron chi connectivity index (χ1n) is 9.54. The van der Waals surface area contributed by atoms with E-state index in [4.69, 9.17) is 4.74 Å². The average molecular weight is 389 g/mol. The molecule has 7 nitrogen and oxygen atoms in total. The molecule has 0 radical (unpaired) electrons. The molecule has 0 unspecified atom stereocenters. The summed E-state index contributed by atoms with van der Waals surface area (Å²) in [6.45, 7) is 3.16. The van der Waals surface area contributed by atoms with E-state index in [-0.39, 0.29) is 5.91 Å². The molecular formula is C22H23N5O2. The van der Waals surface area contributed by atoms with E-state index in [1.807, 2.05) is 43.6 Å². The first-order chi connectivity index (χ1) is 14.2. The van der Waals surface area contributed by atoms with Gasteiger partial charge in [0.25, 0.3) is 0 Å². The van der Waals surface area contributed by atoms with Gasteiger partial charge in [-0.25, -0.2) is 0 Å². The van der Waals surface area contributed by atoms with Gasteiger partial charge in [0.15, 0.2) is 0 Å². The first kappa shape index (κ1) is 18.9. The summed E-state index contributed by atoms with van der Waals surface area (Å²) in [6.07, 6.45) is 10.5. The van der Waals surface area contributed by atoms with E-state index < -0.39 is 0 Å². The number of carbonyl (C=O) groups excluding carboxylic acids is 1. The van der Waals surface area contributed by atoms with E-state index in [1.54, 1.807) is 29.3 Å². The highest BCUT2D eigenvalue weighted by Gasteiger charge is 2.12.